The molecular formula is C20H18Cl2N6O2. The summed E-state index contributed by atoms with van der Waals surface area (Å²) in [6, 6.07) is 14.2. The molecule has 4 rings (SSSR count). The van der Waals surface area contributed by atoms with Crippen LogP contribution >= 0.6 is 23.2 Å². The van der Waals surface area contributed by atoms with Crippen LogP contribution in [0, 0.1) is 0 Å². The Balaban J connectivity index is 1.90. The summed E-state index contributed by atoms with van der Waals surface area (Å²) in [6.07, 6.45) is 0. The number of nitrogens with one attached hydrogen (secondary N) is 1. The van der Waals surface area contributed by atoms with Crippen molar-refractivity contribution in [1.29, 1.82) is 0 Å². The highest BCUT2D eigenvalue weighted by Crippen LogP contribution is 2.19. The van der Waals surface area contributed by atoms with Gasteiger partial charge in [-0.25, -0.2) is 10.6 Å². The van der Waals surface area contributed by atoms with Crippen molar-refractivity contribution in [3.63, 3.8) is 0 Å². The van der Waals surface area contributed by atoms with Gasteiger partial charge in [-0.15, -0.1) is 0 Å². The number of hydrogen-bond acceptors (Lipinski definition) is 5. The Morgan fingerprint density at radius 3 is 1.90 bits per heavy atom. The fourth-order valence-electron chi connectivity index (χ4n) is 3.32. The molecule has 0 spiro atoms. The Morgan fingerprint density at radius 2 is 1.40 bits per heavy atom. The Hall–Kier alpha value is -3.07. The van der Waals surface area contributed by atoms with Gasteiger partial charge in [0, 0.05) is 17.1 Å². The van der Waals surface area contributed by atoms with E-state index >= 15 is 0 Å². The standard InChI is InChI=1S/C20H18Cl2N6O2/c1-26-17-16(18(29)28(20(26)30)11-13-4-8-15(22)9-5-13)27(19(24-17)25-23)10-12-2-6-14(21)7-3-12/h2-9H,10-11,23H2,1H3,(H,24,25). The molecule has 10 heteroatoms. The molecule has 0 aliphatic rings. The maximum absolute atomic E-state index is 13.3. The lowest BCUT2D eigenvalue weighted by atomic mass is 10.2. The molecule has 0 amide bonds. The molecule has 0 unspecified atom stereocenters. The van der Waals surface area contributed by atoms with E-state index in [4.69, 9.17) is 29.0 Å². The van der Waals surface area contributed by atoms with E-state index in [9.17, 15) is 9.59 Å². The third-order valence-electron chi connectivity index (χ3n) is 4.87. The zero-order valence-electron chi connectivity index (χ0n) is 16.0. The smallest absolute Gasteiger partial charge is 0.299 e. The molecule has 154 valence electrons. The molecule has 8 nitrogen and oxygen atoms in total. The summed E-state index contributed by atoms with van der Waals surface area (Å²) >= 11 is 11.9. The van der Waals surface area contributed by atoms with Gasteiger partial charge >= 0.3 is 5.69 Å². The van der Waals surface area contributed by atoms with Gasteiger partial charge in [0.1, 0.15) is 0 Å². The molecule has 0 atom stereocenters. The fourth-order valence-corrected chi connectivity index (χ4v) is 3.57. The molecule has 0 saturated carbocycles. The number of benzene rings is 2. The second kappa shape index (κ2) is 7.98. The molecule has 4 aromatic rings. The van der Waals surface area contributed by atoms with Gasteiger partial charge in [0.05, 0.1) is 13.1 Å². The van der Waals surface area contributed by atoms with Crippen LogP contribution in [0.5, 0.6) is 0 Å². The second-order valence-electron chi connectivity index (χ2n) is 6.82. The van der Waals surface area contributed by atoms with Gasteiger partial charge in [-0.1, -0.05) is 47.5 Å². The van der Waals surface area contributed by atoms with Crippen molar-refractivity contribution in [1.82, 2.24) is 18.7 Å². The molecule has 30 heavy (non-hydrogen) atoms. The van der Waals surface area contributed by atoms with Gasteiger partial charge < -0.3 is 0 Å². The number of anilines is 1. The average molecular weight is 445 g/mol. The summed E-state index contributed by atoms with van der Waals surface area (Å²) in [5, 5.41) is 1.19. The number of hydrazine groups is 1. The van der Waals surface area contributed by atoms with E-state index in [2.05, 4.69) is 10.4 Å². The topological polar surface area (TPSA) is 99.9 Å². The van der Waals surface area contributed by atoms with Gasteiger partial charge in [-0.2, -0.15) is 4.98 Å². The van der Waals surface area contributed by atoms with Crippen LogP contribution in [0.4, 0.5) is 5.95 Å². The van der Waals surface area contributed by atoms with Gasteiger partial charge in [0.25, 0.3) is 5.56 Å². The van der Waals surface area contributed by atoms with E-state index < -0.39 is 11.2 Å². The minimum absolute atomic E-state index is 0.107. The predicted octanol–water partition coefficient (Wildman–Crippen LogP) is 2.59. The van der Waals surface area contributed by atoms with Crippen molar-refractivity contribution < 1.29 is 0 Å². The first kappa shape index (κ1) is 20.2. The number of hydrogen-bond donors (Lipinski definition) is 2. The minimum Gasteiger partial charge on any atom is -0.299 e. The number of nitrogen functional groups attached to an aromatic ring is 1. The van der Waals surface area contributed by atoms with Crippen LogP contribution in [0.2, 0.25) is 10.0 Å². The van der Waals surface area contributed by atoms with Crippen molar-refractivity contribution in [2.45, 2.75) is 13.1 Å². The summed E-state index contributed by atoms with van der Waals surface area (Å²) in [4.78, 5) is 30.6. The normalized spacial score (nSPS) is 11.2. The van der Waals surface area contributed by atoms with Crippen LogP contribution in [-0.2, 0) is 20.1 Å². The van der Waals surface area contributed by atoms with E-state index in [1.807, 2.05) is 12.1 Å². The molecule has 0 fully saturated rings. The third-order valence-corrected chi connectivity index (χ3v) is 5.37. The lowest BCUT2D eigenvalue weighted by molar-refractivity contribution is 0.653. The van der Waals surface area contributed by atoms with Crippen LogP contribution in [0.1, 0.15) is 11.1 Å². The van der Waals surface area contributed by atoms with E-state index in [1.54, 1.807) is 48.0 Å². The molecule has 0 aliphatic heterocycles. The quantitative estimate of drug-likeness (QED) is 0.364. The largest absolute Gasteiger partial charge is 0.332 e. The van der Waals surface area contributed by atoms with Gasteiger partial charge in [-0.05, 0) is 35.4 Å². The Morgan fingerprint density at radius 1 is 0.900 bits per heavy atom. The molecule has 2 aromatic carbocycles. The first-order valence-corrected chi connectivity index (χ1v) is 9.80. The van der Waals surface area contributed by atoms with E-state index in [0.29, 0.717) is 16.6 Å². The second-order valence-corrected chi connectivity index (χ2v) is 7.70. The van der Waals surface area contributed by atoms with Crippen LogP contribution in [0.3, 0.4) is 0 Å². The highest BCUT2D eigenvalue weighted by molar-refractivity contribution is 6.30. The zero-order valence-corrected chi connectivity index (χ0v) is 17.5. The third kappa shape index (κ3) is 3.60. The molecule has 2 heterocycles. The molecule has 0 radical (unpaired) electrons. The first-order valence-electron chi connectivity index (χ1n) is 9.04. The maximum Gasteiger partial charge on any atom is 0.332 e. The summed E-state index contributed by atoms with van der Waals surface area (Å²) < 4.78 is 4.16. The lowest BCUT2D eigenvalue weighted by Crippen LogP contribution is -2.40. The lowest BCUT2D eigenvalue weighted by Gasteiger charge is -2.11. The highest BCUT2D eigenvalue weighted by Gasteiger charge is 2.20. The first-order chi connectivity index (χ1) is 14.4. The van der Waals surface area contributed by atoms with Crippen LogP contribution in [-0.4, -0.2) is 18.7 Å². The van der Waals surface area contributed by atoms with Crippen LogP contribution in [0.15, 0.2) is 58.1 Å². The monoisotopic (exact) mass is 444 g/mol. The van der Waals surface area contributed by atoms with Gasteiger partial charge in [0.2, 0.25) is 5.95 Å². The Bertz CT molecular complexity index is 1340. The van der Waals surface area contributed by atoms with Crippen molar-refractivity contribution in [3.8, 4) is 0 Å². The molecule has 3 N–H and O–H groups in total. The van der Waals surface area contributed by atoms with Crippen molar-refractivity contribution in [3.05, 3.63) is 90.5 Å². The Kier molecular flexibility index (Phi) is 5.38. The van der Waals surface area contributed by atoms with Gasteiger partial charge in [-0.3, -0.25) is 23.9 Å². The maximum atomic E-state index is 13.3. The van der Waals surface area contributed by atoms with E-state index in [0.717, 1.165) is 11.1 Å². The van der Waals surface area contributed by atoms with Crippen molar-refractivity contribution in [2.24, 2.45) is 12.9 Å². The molecule has 0 bridgehead atoms. The predicted molar refractivity (Wildman–Crippen MR) is 118 cm³/mol. The number of halogens is 2. The zero-order chi connectivity index (χ0) is 21.4. The summed E-state index contributed by atoms with van der Waals surface area (Å²) in [5.74, 6) is 5.92. The van der Waals surface area contributed by atoms with E-state index in [1.165, 1.54) is 9.13 Å². The van der Waals surface area contributed by atoms with E-state index in [-0.39, 0.29) is 23.7 Å². The highest BCUT2D eigenvalue weighted by atomic mass is 35.5. The number of fused-ring (bicyclic) bond motifs is 1. The number of imidazole rings is 1. The summed E-state index contributed by atoms with van der Waals surface area (Å²) in [7, 11) is 1.57. The van der Waals surface area contributed by atoms with Crippen LogP contribution in [0.25, 0.3) is 11.2 Å². The number of nitrogens with two attached hydrogens (primary N) is 1. The Labute approximate surface area is 181 Å². The van der Waals surface area contributed by atoms with Crippen LogP contribution < -0.4 is 22.5 Å². The average Bonchev–Trinajstić information content (AvgIpc) is 3.11. The number of rotatable bonds is 5. The summed E-state index contributed by atoms with van der Waals surface area (Å²) in [5.41, 5.74) is 3.78. The number of aryl methyl sites for hydroxylation is 1. The molecule has 0 aliphatic carbocycles. The number of nitrogens with zero attached hydrogens (tertiary/aromatic N) is 4. The molecule has 0 saturated heterocycles. The molecular weight excluding hydrogens is 427 g/mol. The minimum atomic E-state index is -0.470. The number of aromatic nitrogens is 4. The SMILES string of the molecule is Cn1c(=O)n(Cc2ccc(Cl)cc2)c(=O)c2c1nc(NN)n2Cc1ccc(Cl)cc1. The fraction of sp³-hybridized carbons (Fsp3) is 0.150. The summed E-state index contributed by atoms with van der Waals surface area (Å²) in [6.45, 7) is 0.428. The van der Waals surface area contributed by atoms with Gasteiger partial charge in [0.15, 0.2) is 11.2 Å². The molecule has 2 aromatic heterocycles. The van der Waals surface area contributed by atoms with Crippen molar-refractivity contribution >= 4 is 40.3 Å². The van der Waals surface area contributed by atoms with Crippen molar-refractivity contribution in [2.75, 3.05) is 5.43 Å².